The van der Waals surface area contributed by atoms with E-state index in [-0.39, 0.29) is 18.5 Å². The largest absolute Gasteiger partial charge is 0.466 e. The topological polar surface area (TPSA) is 95.9 Å². The number of carbonyl (C=O) groups excluding carboxylic acids is 2. The molecule has 0 bridgehead atoms. The zero-order chi connectivity index (χ0) is 41.5. The number of aliphatic hydroxyl groups excluding tert-OH is 2. The van der Waals surface area contributed by atoms with Crippen LogP contribution in [0.4, 0.5) is 0 Å². The van der Waals surface area contributed by atoms with Gasteiger partial charge < -0.3 is 20.3 Å². The molecule has 0 aliphatic carbocycles. The van der Waals surface area contributed by atoms with E-state index in [1.807, 2.05) is 0 Å². The van der Waals surface area contributed by atoms with Crippen LogP contribution in [0.2, 0.25) is 0 Å². The number of ether oxygens (including phenoxy) is 1. The van der Waals surface area contributed by atoms with Crippen LogP contribution in [0.15, 0.2) is 12.2 Å². The van der Waals surface area contributed by atoms with Gasteiger partial charge in [-0.05, 0) is 51.4 Å². The van der Waals surface area contributed by atoms with Crippen LogP contribution in [0.1, 0.15) is 277 Å². The first-order chi connectivity index (χ1) is 28.0. The Bertz CT molecular complexity index is 847. The molecule has 57 heavy (non-hydrogen) atoms. The highest BCUT2D eigenvalue weighted by molar-refractivity contribution is 5.76. The lowest BCUT2D eigenvalue weighted by Gasteiger charge is -2.22. The van der Waals surface area contributed by atoms with Crippen LogP contribution in [-0.4, -0.2) is 47.4 Å². The molecular formula is C51H99NO5. The molecule has 0 aromatic carbocycles. The maximum absolute atomic E-state index is 12.4. The average Bonchev–Trinajstić information content (AvgIpc) is 3.21. The van der Waals surface area contributed by atoms with Gasteiger partial charge in [0.05, 0.1) is 25.4 Å². The minimum atomic E-state index is -0.679. The predicted octanol–water partition coefficient (Wildman–Crippen LogP) is 15.0. The van der Waals surface area contributed by atoms with E-state index in [1.165, 1.54) is 167 Å². The Hall–Kier alpha value is -1.40. The van der Waals surface area contributed by atoms with E-state index < -0.39 is 12.1 Å². The van der Waals surface area contributed by atoms with E-state index in [0.717, 1.165) is 77.0 Å². The van der Waals surface area contributed by atoms with Crippen LogP contribution in [0, 0.1) is 0 Å². The molecule has 0 rings (SSSR count). The average molecular weight is 806 g/mol. The molecule has 0 radical (unpaired) electrons. The van der Waals surface area contributed by atoms with E-state index in [9.17, 15) is 19.8 Å². The lowest BCUT2D eigenvalue weighted by atomic mass is 10.0. The van der Waals surface area contributed by atoms with Gasteiger partial charge in [0.2, 0.25) is 5.91 Å². The molecule has 0 heterocycles. The first-order valence-electron chi connectivity index (χ1n) is 25.4. The van der Waals surface area contributed by atoms with Gasteiger partial charge in [-0.2, -0.15) is 0 Å². The number of rotatable bonds is 47. The fourth-order valence-electron chi connectivity index (χ4n) is 7.87. The number of aliphatic hydroxyl groups is 2. The third-order valence-corrected chi connectivity index (χ3v) is 11.8. The standard InChI is InChI=1S/C51H99NO5/c1-3-5-7-9-11-13-15-16-17-18-19-20-21-25-29-33-37-41-45-51(56)57-46-42-38-34-30-26-22-24-28-32-36-40-44-50(55)52-48(47-53)49(54)43-39-35-31-27-23-14-12-10-8-6-4-2/h26,30,48-49,53-54H,3-25,27-29,31-47H2,1-2H3,(H,52,55)/b30-26-. The number of carbonyl (C=O) groups is 2. The van der Waals surface area contributed by atoms with Gasteiger partial charge in [0.1, 0.15) is 0 Å². The number of hydrogen-bond donors (Lipinski definition) is 3. The molecule has 3 N–H and O–H groups in total. The molecule has 0 fully saturated rings. The Morgan fingerprint density at radius 1 is 0.474 bits per heavy atom. The summed E-state index contributed by atoms with van der Waals surface area (Å²) in [7, 11) is 0. The fourth-order valence-corrected chi connectivity index (χ4v) is 7.87. The Labute approximate surface area is 355 Å². The number of unbranched alkanes of at least 4 members (excludes halogenated alkanes) is 34. The molecule has 0 aromatic heterocycles. The van der Waals surface area contributed by atoms with Crippen molar-refractivity contribution in [2.75, 3.05) is 13.2 Å². The molecule has 0 saturated heterocycles. The van der Waals surface area contributed by atoms with Crippen molar-refractivity contribution in [3.05, 3.63) is 12.2 Å². The van der Waals surface area contributed by atoms with Gasteiger partial charge in [-0.3, -0.25) is 9.59 Å². The summed E-state index contributed by atoms with van der Waals surface area (Å²) in [5.41, 5.74) is 0. The smallest absolute Gasteiger partial charge is 0.305 e. The third kappa shape index (κ3) is 44.0. The van der Waals surface area contributed by atoms with Gasteiger partial charge in [0.25, 0.3) is 0 Å². The number of amides is 1. The van der Waals surface area contributed by atoms with Crippen molar-refractivity contribution in [3.63, 3.8) is 0 Å². The van der Waals surface area contributed by atoms with Crippen molar-refractivity contribution in [3.8, 4) is 0 Å². The predicted molar refractivity (Wildman–Crippen MR) is 246 cm³/mol. The normalized spacial score (nSPS) is 12.7. The highest BCUT2D eigenvalue weighted by Gasteiger charge is 2.20. The van der Waals surface area contributed by atoms with Crippen LogP contribution in [0.5, 0.6) is 0 Å². The summed E-state index contributed by atoms with van der Waals surface area (Å²) in [6.07, 6.45) is 53.3. The number of allylic oxidation sites excluding steroid dienone is 2. The SMILES string of the molecule is CCCCCCCCCCCCCCCCCCCCC(=O)OCCCC/C=C\CCCCCCCC(=O)NC(CO)C(O)CCCCCCCCCCCCC. The summed E-state index contributed by atoms with van der Waals surface area (Å²) >= 11 is 0. The maximum atomic E-state index is 12.4. The summed E-state index contributed by atoms with van der Waals surface area (Å²) in [5, 5.41) is 23.1. The molecule has 0 aliphatic rings. The van der Waals surface area contributed by atoms with E-state index in [0.29, 0.717) is 25.9 Å². The molecular weight excluding hydrogens is 707 g/mol. The molecule has 2 unspecified atom stereocenters. The highest BCUT2D eigenvalue weighted by atomic mass is 16.5. The van der Waals surface area contributed by atoms with Crippen molar-refractivity contribution >= 4 is 11.9 Å². The van der Waals surface area contributed by atoms with Crippen molar-refractivity contribution in [2.24, 2.45) is 0 Å². The lowest BCUT2D eigenvalue weighted by Crippen LogP contribution is -2.45. The van der Waals surface area contributed by atoms with E-state index in [2.05, 4.69) is 31.3 Å². The van der Waals surface area contributed by atoms with Gasteiger partial charge in [-0.15, -0.1) is 0 Å². The second-order valence-corrected chi connectivity index (χ2v) is 17.5. The molecule has 0 spiro atoms. The lowest BCUT2D eigenvalue weighted by molar-refractivity contribution is -0.143. The van der Waals surface area contributed by atoms with Crippen LogP contribution in [0.25, 0.3) is 0 Å². The van der Waals surface area contributed by atoms with Crippen molar-refractivity contribution in [1.29, 1.82) is 0 Å². The minimum absolute atomic E-state index is 0.0270. The van der Waals surface area contributed by atoms with Crippen molar-refractivity contribution < 1.29 is 24.5 Å². The second-order valence-electron chi connectivity index (χ2n) is 17.5. The van der Waals surface area contributed by atoms with E-state index in [4.69, 9.17) is 4.74 Å². The van der Waals surface area contributed by atoms with Gasteiger partial charge in [-0.25, -0.2) is 0 Å². The molecule has 0 aromatic rings. The second kappa shape index (κ2) is 47.3. The Kier molecular flexibility index (Phi) is 46.1. The molecule has 0 aliphatic heterocycles. The van der Waals surface area contributed by atoms with E-state index in [1.54, 1.807) is 0 Å². The molecule has 2 atom stereocenters. The van der Waals surface area contributed by atoms with Crippen molar-refractivity contribution in [2.45, 2.75) is 289 Å². The van der Waals surface area contributed by atoms with Crippen molar-refractivity contribution in [1.82, 2.24) is 5.32 Å². The maximum Gasteiger partial charge on any atom is 0.305 e. The van der Waals surface area contributed by atoms with Gasteiger partial charge >= 0.3 is 5.97 Å². The third-order valence-electron chi connectivity index (χ3n) is 11.8. The number of nitrogens with one attached hydrogen (secondary N) is 1. The Balaban J connectivity index is 3.47. The molecule has 0 saturated carbocycles. The Morgan fingerprint density at radius 3 is 1.25 bits per heavy atom. The van der Waals surface area contributed by atoms with Crippen LogP contribution in [-0.2, 0) is 14.3 Å². The van der Waals surface area contributed by atoms with Gasteiger partial charge in [-0.1, -0.05) is 225 Å². The van der Waals surface area contributed by atoms with Gasteiger partial charge in [0, 0.05) is 12.8 Å². The molecule has 6 heteroatoms. The van der Waals surface area contributed by atoms with Crippen LogP contribution >= 0.6 is 0 Å². The summed E-state index contributed by atoms with van der Waals surface area (Å²) in [5.74, 6) is -0.0914. The first-order valence-corrected chi connectivity index (χ1v) is 25.4. The summed E-state index contributed by atoms with van der Waals surface area (Å²) in [6.45, 7) is 4.87. The zero-order valence-electron chi connectivity index (χ0n) is 38.3. The molecule has 338 valence electrons. The fraction of sp³-hybridized carbons (Fsp3) is 0.922. The molecule has 6 nitrogen and oxygen atoms in total. The summed E-state index contributed by atoms with van der Waals surface area (Å²) < 4.78 is 5.45. The van der Waals surface area contributed by atoms with Crippen LogP contribution < -0.4 is 5.32 Å². The van der Waals surface area contributed by atoms with Crippen LogP contribution in [0.3, 0.4) is 0 Å². The molecule has 1 amide bonds. The zero-order valence-corrected chi connectivity index (χ0v) is 38.3. The monoisotopic (exact) mass is 806 g/mol. The summed E-state index contributed by atoms with van der Waals surface area (Å²) in [6, 6.07) is -0.560. The van der Waals surface area contributed by atoms with Gasteiger partial charge in [0.15, 0.2) is 0 Å². The highest BCUT2D eigenvalue weighted by Crippen LogP contribution is 2.16. The number of hydrogen-bond acceptors (Lipinski definition) is 5. The number of esters is 1. The quantitative estimate of drug-likeness (QED) is 0.0323. The first kappa shape index (κ1) is 55.6. The van der Waals surface area contributed by atoms with E-state index >= 15 is 0 Å². The Morgan fingerprint density at radius 2 is 0.825 bits per heavy atom. The minimum Gasteiger partial charge on any atom is -0.466 e. The summed E-state index contributed by atoms with van der Waals surface area (Å²) in [4.78, 5) is 24.4.